The SMILES string of the molecule is Cc1nc2cc(C3CCC(C)CN3)ccc2s1.Cc1nc2cc(C3CCC(C)CN3C(=O)C(=O)Nc3cnc4o[nH]c(=O)c4c3)ccc2s1.Cc1nc2cc([C@@H]3CC[C@@H](C)CN3C(=O)C(=O)Nc3cnc4o[nH]c(=O)c4c3)ccc2s1.Cc1nc2cc([C@H]3CC[C@H](C)CN3C(=O)C(=O)Nc3cnc4o[nH]c(=O)c4c3)ccc2s1.O=C(O)C(=O)Nc1cnc2o[nH]c(=O)c2c1. The first-order valence-electron chi connectivity index (χ1n) is 41.5. The molecule has 129 heavy (non-hydrogen) atoms. The van der Waals surface area contributed by atoms with E-state index in [1.807, 2.05) is 75.4 Å². The molecule has 0 aliphatic carbocycles. The van der Waals surface area contributed by atoms with Gasteiger partial charge in [0.05, 0.1) is 127 Å². The van der Waals surface area contributed by atoms with E-state index in [2.05, 4.69) is 144 Å². The van der Waals surface area contributed by atoms with Crippen molar-refractivity contribution in [1.29, 1.82) is 0 Å². The lowest BCUT2D eigenvalue weighted by Gasteiger charge is -2.38. The van der Waals surface area contributed by atoms with Crippen LogP contribution in [0.25, 0.3) is 85.3 Å². The van der Waals surface area contributed by atoms with Crippen molar-refractivity contribution in [3.63, 3.8) is 0 Å². The fourth-order valence-electron chi connectivity index (χ4n) is 16.3. The average Bonchev–Trinajstić information content (AvgIpc) is 1.49. The normalized spacial score (nSPS) is 18.7. The molecule has 10 N–H and O–H groups in total. The number of benzene rings is 4. The maximum absolute atomic E-state index is 13.2. The Labute approximate surface area is 745 Å². The summed E-state index contributed by atoms with van der Waals surface area (Å²) in [5.41, 5.74) is 7.70. The highest BCUT2D eigenvalue weighted by atomic mass is 32.1. The van der Waals surface area contributed by atoms with Crippen LogP contribution in [-0.4, -0.2) is 154 Å². The Balaban J connectivity index is 0.000000121. The van der Waals surface area contributed by atoms with Crippen LogP contribution in [0.2, 0.25) is 0 Å². The van der Waals surface area contributed by atoms with Crippen LogP contribution in [0, 0.1) is 51.4 Å². The molecule has 664 valence electrons. The lowest BCUT2D eigenvalue weighted by atomic mass is 9.89. The van der Waals surface area contributed by atoms with Crippen molar-refractivity contribution in [3.8, 4) is 0 Å². The Kier molecular flexibility index (Phi) is 25.9. The van der Waals surface area contributed by atoms with Crippen molar-refractivity contribution in [2.45, 2.75) is 131 Å². The number of carbonyl (C=O) groups is 8. The molecule has 4 aliphatic heterocycles. The molecule has 16 aromatic rings. The number of carboxylic acid groups (broad SMARTS) is 1. The number of nitrogens with one attached hydrogen (secondary N) is 9. The number of anilines is 4. The quantitative estimate of drug-likeness (QED) is 0.0632. The molecule has 37 nitrogen and oxygen atoms in total. The van der Waals surface area contributed by atoms with Crippen LogP contribution in [0.5, 0.6) is 0 Å². The monoisotopic (exact) mass is 1820 g/mol. The number of aromatic nitrogens is 12. The predicted molar refractivity (Wildman–Crippen MR) is 486 cm³/mol. The molecule has 0 radical (unpaired) electrons. The fraction of sp³-hybridized carbons (Fsp3) is 0.318. The number of carbonyl (C=O) groups excluding carboxylic acids is 7. The Morgan fingerprint density at radius 2 is 0.636 bits per heavy atom. The predicted octanol–water partition coefficient (Wildman–Crippen LogP) is 13.3. The first-order chi connectivity index (χ1) is 62.0. The lowest BCUT2D eigenvalue weighted by molar-refractivity contribution is -0.147. The maximum atomic E-state index is 13.2. The maximum Gasteiger partial charge on any atom is 0.394 e. The molecule has 12 aromatic heterocycles. The van der Waals surface area contributed by atoms with Gasteiger partial charge in [0.25, 0.3) is 45.1 Å². The van der Waals surface area contributed by atoms with E-state index in [9.17, 15) is 57.5 Å². The Morgan fingerprint density at radius 1 is 0.364 bits per heavy atom. The number of H-pyrrole nitrogens is 4. The van der Waals surface area contributed by atoms with E-state index in [1.165, 1.54) is 72.2 Å². The number of fused-ring (bicyclic) bond motifs is 8. The number of carboxylic acids is 1. The van der Waals surface area contributed by atoms with Gasteiger partial charge in [0.15, 0.2) is 0 Å². The minimum absolute atomic E-state index is 0.0818. The van der Waals surface area contributed by atoms with E-state index < -0.39 is 69.6 Å². The minimum Gasteiger partial charge on any atom is -0.474 e. The van der Waals surface area contributed by atoms with Gasteiger partial charge in [-0.15, -0.1) is 45.3 Å². The number of nitrogens with zero attached hydrogens (tertiary/aromatic N) is 11. The number of pyridine rings is 4. The van der Waals surface area contributed by atoms with Crippen LogP contribution < -0.4 is 48.8 Å². The zero-order valence-electron chi connectivity index (χ0n) is 70.7. The van der Waals surface area contributed by atoms with Gasteiger partial charge in [-0.2, -0.15) is 20.6 Å². The summed E-state index contributed by atoms with van der Waals surface area (Å²) in [6.45, 7) is 19.1. The summed E-state index contributed by atoms with van der Waals surface area (Å²) < 4.78 is 24.0. The van der Waals surface area contributed by atoms with Gasteiger partial charge in [-0.3, -0.25) is 52.7 Å². The first kappa shape index (κ1) is 88.3. The molecule has 20 rings (SSSR count). The van der Waals surface area contributed by atoms with Crippen LogP contribution in [-0.2, 0) is 38.4 Å². The summed E-state index contributed by atoms with van der Waals surface area (Å²) in [4.78, 5) is 184. The number of piperidine rings is 4. The van der Waals surface area contributed by atoms with E-state index in [-0.39, 0.29) is 103 Å². The van der Waals surface area contributed by atoms with E-state index in [0.29, 0.717) is 25.7 Å². The van der Waals surface area contributed by atoms with E-state index in [4.69, 9.17) is 18.7 Å². The van der Waals surface area contributed by atoms with Crippen LogP contribution >= 0.6 is 45.3 Å². The third-order valence-corrected chi connectivity index (χ3v) is 26.5. The van der Waals surface area contributed by atoms with Gasteiger partial charge in [-0.05, 0) is 204 Å². The molecule has 7 amide bonds. The molecule has 4 aromatic carbocycles. The summed E-state index contributed by atoms with van der Waals surface area (Å²) >= 11 is 6.67. The molecule has 0 bridgehead atoms. The zero-order valence-corrected chi connectivity index (χ0v) is 73.9. The Hall–Kier alpha value is -14.2. The number of likely N-dealkylation sites (tertiary alicyclic amines) is 3. The second-order valence-electron chi connectivity index (χ2n) is 32.5. The first-order valence-corrected chi connectivity index (χ1v) is 44.7. The molecule has 0 saturated carbocycles. The van der Waals surface area contributed by atoms with Crippen molar-refractivity contribution in [1.82, 2.24) is 80.5 Å². The number of thiazole rings is 4. The number of hydrogen-bond donors (Lipinski definition) is 10. The van der Waals surface area contributed by atoms with Gasteiger partial charge in [-0.25, -0.2) is 44.7 Å². The van der Waals surface area contributed by atoms with E-state index in [1.54, 1.807) is 60.0 Å². The van der Waals surface area contributed by atoms with Crippen molar-refractivity contribution < 1.29 is 61.6 Å². The third kappa shape index (κ3) is 20.0. The van der Waals surface area contributed by atoms with Crippen LogP contribution in [0.3, 0.4) is 0 Å². The second kappa shape index (κ2) is 37.8. The van der Waals surface area contributed by atoms with Crippen molar-refractivity contribution >= 4 is 201 Å². The Morgan fingerprint density at radius 3 is 0.915 bits per heavy atom. The highest BCUT2D eigenvalue weighted by Gasteiger charge is 2.39. The van der Waals surface area contributed by atoms with Crippen molar-refractivity contribution in [3.05, 3.63) is 206 Å². The Bertz CT molecular complexity index is 6770. The highest BCUT2D eigenvalue weighted by Crippen LogP contribution is 2.40. The number of amides is 7. The van der Waals surface area contributed by atoms with Crippen molar-refractivity contribution in [2.75, 3.05) is 47.4 Å². The molecule has 4 saturated heterocycles. The molecular formula is C88H86N20O17S4. The molecule has 41 heteroatoms. The number of aliphatic carboxylic acids is 1. The largest absolute Gasteiger partial charge is 0.474 e. The number of aromatic amines is 4. The zero-order chi connectivity index (χ0) is 90.7. The van der Waals surface area contributed by atoms with E-state index >= 15 is 0 Å². The number of rotatable bonds is 8. The van der Waals surface area contributed by atoms with Gasteiger partial charge in [0.1, 0.15) is 21.5 Å². The number of hydrogen-bond acceptors (Lipinski definition) is 29. The molecule has 4 aliphatic rings. The molecule has 0 spiro atoms. The molecule has 4 unspecified atom stereocenters. The molecule has 8 atom stereocenters. The average molecular weight is 1820 g/mol. The standard InChI is InChI=1S/3C22H21N5O4S.C14H18N2S.C8H5N3O5/c3*1-11-3-5-17(13-4-6-18-16(7-13)24-12(2)32-18)27(10-11)22(30)20(29)25-14-8-15-19(28)26-31-21(15)23-9-14;1-9-3-5-12(15-8-9)11-4-6-14-13(7-11)16-10(2)17-14;12-5-4-1-3(10-6(13)8(14)15)2-9-7(4)16-11-5/h3*4,6-9,11,17H,3,5,10H2,1-2H3,(H,25,29)(H,26,28);4,6-7,9,12,15H,3,5,8H2,1-2H3;1-2H,(H,10,13)(H,11,12)(H,14,15)/t2*11-,17+;;;/m10.../s1. The highest BCUT2D eigenvalue weighted by molar-refractivity contribution is 7.19. The van der Waals surface area contributed by atoms with E-state index in [0.717, 1.165) is 124 Å². The van der Waals surface area contributed by atoms with Gasteiger partial charge in [0.2, 0.25) is 0 Å². The lowest BCUT2D eigenvalue weighted by Crippen LogP contribution is -2.46. The fourth-order valence-corrected chi connectivity index (χ4v) is 19.5. The third-order valence-electron chi connectivity index (χ3n) is 22.7. The van der Waals surface area contributed by atoms with Gasteiger partial charge >= 0.3 is 47.3 Å². The van der Waals surface area contributed by atoms with Crippen molar-refractivity contribution in [2.24, 2.45) is 23.7 Å². The van der Waals surface area contributed by atoms with Gasteiger partial charge in [0, 0.05) is 25.7 Å². The second-order valence-corrected chi connectivity index (χ2v) is 37.5. The van der Waals surface area contributed by atoms with Crippen LogP contribution in [0.1, 0.15) is 146 Å². The van der Waals surface area contributed by atoms with Gasteiger partial charge in [-0.1, -0.05) is 52.0 Å². The molecule has 4 fully saturated rings. The summed E-state index contributed by atoms with van der Waals surface area (Å²) in [6.07, 6.45) is 13.0. The van der Waals surface area contributed by atoms with Crippen LogP contribution in [0.4, 0.5) is 22.7 Å². The molecule has 16 heterocycles. The van der Waals surface area contributed by atoms with Crippen LogP contribution in [0.15, 0.2) is 159 Å². The summed E-state index contributed by atoms with van der Waals surface area (Å²) in [6, 6.07) is 30.4. The number of aryl methyl sites for hydroxylation is 4. The summed E-state index contributed by atoms with van der Waals surface area (Å²) in [5, 5.41) is 35.2. The smallest absolute Gasteiger partial charge is 0.394 e. The van der Waals surface area contributed by atoms with Gasteiger partial charge < -0.3 is 64.5 Å². The summed E-state index contributed by atoms with van der Waals surface area (Å²) in [7, 11) is 0. The summed E-state index contributed by atoms with van der Waals surface area (Å²) in [5.74, 6) is -5.30. The minimum atomic E-state index is -1.62. The topological polar surface area (TPSA) is 514 Å². The molecular weight excluding hydrogens is 1740 g/mol.